The number of amides is 1. The third kappa shape index (κ3) is 2.19. The second-order valence-electron chi connectivity index (χ2n) is 4.51. The Bertz CT molecular complexity index is 459. The first-order chi connectivity index (χ1) is 8.04. The zero-order valence-corrected chi connectivity index (χ0v) is 11.3. The molecule has 0 bridgehead atoms. The summed E-state index contributed by atoms with van der Waals surface area (Å²) in [5.74, 6) is 0.00657. The molecule has 1 aromatic carbocycles. The van der Waals surface area contributed by atoms with Gasteiger partial charge in [-0.1, -0.05) is 19.1 Å². The van der Waals surface area contributed by atoms with Crippen molar-refractivity contribution in [1.29, 1.82) is 0 Å². The molecule has 17 heavy (non-hydrogen) atoms. The van der Waals surface area contributed by atoms with Gasteiger partial charge in [0.05, 0.1) is 12.2 Å². The zero-order chi connectivity index (χ0) is 12.6. The number of carbonyl (C=O) groups is 1. The lowest BCUT2D eigenvalue weighted by molar-refractivity contribution is -0.117. The molecule has 1 aromatic rings. The molecule has 0 aliphatic carbocycles. The second-order valence-corrected chi connectivity index (χ2v) is 5.96. The number of hydrogen-bond donors (Lipinski definition) is 1. The molecule has 1 aliphatic rings. The fraction of sp³-hybridized carbons (Fsp3) is 0.462. The van der Waals surface area contributed by atoms with Crippen molar-refractivity contribution in [2.24, 2.45) is 5.73 Å². The Morgan fingerprint density at radius 3 is 2.76 bits per heavy atom. The number of fused-ring (bicyclic) bond motifs is 1. The van der Waals surface area contributed by atoms with E-state index in [4.69, 9.17) is 5.73 Å². The number of hydrogen-bond acceptors (Lipinski definition) is 3. The van der Waals surface area contributed by atoms with Crippen LogP contribution in [0.5, 0.6) is 0 Å². The molecule has 0 saturated carbocycles. The molecule has 0 aromatic heterocycles. The van der Waals surface area contributed by atoms with Gasteiger partial charge >= 0.3 is 0 Å². The van der Waals surface area contributed by atoms with E-state index in [9.17, 15) is 4.79 Å². The molecule has 1 aliphatic heterocycles. The minimum Gasteiger partial charge on any atom is -0.322 e. The van der Waals surface area contributed by atoms with Crippen LogP contribution in [0, 0.1) is 13.8 Å². The quantitative estimate of drug-likeness (QED) is 0.830. The molecule has 1 atom stereocenters. The molecular formula is C13H18N2OS. The van der Waals surface area contributed by atoms with Crippen LogP contribution in [0.3, 0.4) is 0 Å². The van der Waals surface area contributed by atoms with E-state index in [2.05, 4.69) is 26.0 Å². The van der Waals surface area contributed by atoms with Gasteiger partial charge in [-0.2, -0.15) is 0 Å². The topological polar surface area (TPSA) is 46.3 Å². The predicted octanol–water partition coefficient (Wildman–Crippen LogP) is 2.09. The van der Waals surface area contributed by atoms with Gasteiger partial charge in [0.25, 0.3) is 0 Å². The number of rotatable bonds is 1. The summed E-state index contributed by atoms with van der Waals surface area (Å²) >= 11 is 1.85. The van der Waals surface area contributed by atoms with Gasteiger partial charge in [-0.3, -0.25) is 4.79 Å². The molecule has 3 nitrogen and oxygen atoms in total. The summed E-state index contributed by atoms with van der Waals surface area (Å²) in [6, 6.07) is 4.19. The summed E-state index contributed by atoms with van der Waals surface area (Å²) in [6.07, 6.45) is 0. The number of benzene rings is 1. The van der Waals surface area contributed by atoms with Gasteiger partial charge in [-0.15, -0.1) is 11.8 Å². The number of thioether (sulfide) groups is 1. The highest BCUT2D eigenvalue weighted by Gasteiger charge is 2.28. The SMILES string of the molecule is Cc1ccc(C)c2c1SC(C)CN2C(=O)CN. The number of carbonyl (C=O) groups excluding carboxylic acids is 1. The summed E-state index contributed by atoms with van der Waals surface area (Å²) in [7, 11) is 0. The Morgan fingerprint density at radius 2 is 2.12 bits per heavy atom. The lowest BCUT2D eigenvalue weighted by Gasteiger charge is -2.34. The number of aryl methyl sites for hydroxylation is 2. The van der Waals surface area contributed by atoms with Crippen LogP contribution >= 0.6 is 11.8 Å². The molecule has 0 spiro atoms. The van der Waals surface area contributed by atoms with Gasteiger partial charge < -0.3 is 10.6 Å². The minimum absolute atomic E-state index is 0.00657. The van der Waals surface area contributed by atoms with Gasteiger partial charge in [-0.25, -0.2) is 0 Å². The molecule has 0 fully saturated rings. The van der Waals surface area contributed by atoms with Crippen LogP contribution in [0.1, 0.15) is 18.1 Å². The van der Waals surface area contributed by atoms with Gasteiger partial charge in [0, 0.05) is 16.7 Å². The average molecular weight is 250 g/mol. The van der Waals surface area contributed by atoms with E-state index >= 15 is 0 Å². The molecule has 1 unspecified atom stereocenters. The van der Waals surface area contributed by atoms with Crippen molar-refractivity contribution in [3.63, 3.8) is 0 Å². The monoisotopic (exact) mass is 250 g/mol. The highest BCUT2D eigenvalue weighted by molar-refractivity contribution is 8.00. The summed E-state index contributed by atoms with van der Waals surface area (Å²) < 4.78 is 0. The van der Waals surface area contributed by atoms with Gasteiger partial charge in [-0.05, 0) is 25.0 Å². The highest BCUT2D eigenvalue weighted by atomic mass is 32.2. The van der Waals surface area contributed by atoms with Crippen LogP contribution in [0.2, 0.25) is 0 Å². The molecule has 4 heteroatoms. The lowest BCUT2D eigenvalue weighted by Crippen LogP contribution is -2.42. The molecule has 0 saturated heterocycles. The maximum Gasteiger partial charge on any atom is 0.240 e. The van der Waals surface area contributed by atoms with Crippen LogP contribution in [0.4, 0.5) is 5.69 Å². The van der Waals surface area contributed by atoms with Crippen LogP contribution in [-0.4, -0.2) is 24.2 Å². The van der Waals surface area contributed by atoms with Crippen molar-refractivity contribution in [3.05, 3.63) is 23.3 Å². The smallest absolute Gasteiger partial charge is 0.240 e. The van der Waals surface area contributed by atoms with Gasteiger partial charge in [0.1, 0.15) is 0 Å². The van der Waals surface area contributed by atoms with E-state index in [1.807, 2.05) is 23.6 Å². The maximum atomic E-state index is 11.9. The van der Waals surface area contributed by atoms with Crippen LogP contribution in [0.25, 0.3) is 0 Å². The van der Waals surface area contributed by atoms with Crippen molar-refractivity contribution in [1.82, 2.24) is 0 Å². The largest absolute Gasteiger partial charge is 0.322 e. The Kier molecular flexibility index (Phi) is 3.45. The van der Waals surface area contributed by atoms with E-state index in [1.165, 1.54) is 10.5 Å². The molecule has 2 rings (SSSR count). The molecular weight excluding hydrogens is 232 g/mol. The van der Waals surface area contributed by atoms with Crippen molar-refractivity contribution in [2.45, 2.75) is 30.9 Å². The Balaban J connectivity index is 2.55. The predicted molar refractivity (Wildman–Crippen MR) is 72.6 cm³/mol. The molecule has 1 heterocycles. The Morgan fingerprint density at radius 1 is 1.47 bits per heavy atom. The number of nitrogens with two attached hydrogens (primary N) is 1. The highest BCUT2D eigenvalue weighted by Crippen LogP contribution is 2.42. The number of anilines is 1. The van der Waals surface area contributed by atoms with Crippen LogP contribution in [0.15, 0.2) is 17.0 Å². The fourth-order valence-electron chi connectivity index (χ4n) is 2.18. The van der Waals surface area contributed by atoms with Crippen LogP contribution < -0.4 is 10.6 Å². The average Bonchev–Trinajstić information content (AvgIpc) is 2.32. The van der Waals surface area contributed by atoms with Gasteiger partial charge in [0.15, 0.2) is 0 Å². The van der Waals surface area contributed by atoms with Crippen molar-refractivity contribution in [3.8, 4) is 0 Å². The zero-order valence-electron chi connectivity index (χ0n) is 10.5. The van der Waals surface area contributed by atoms with Crippen LogP contribution in [-0.2, 0) is 4.79 Å². The standard InChI is InChI=1S/C13H18N2OS/c1-8-4-5-9(2)13-12(8)15(11(16)6-14)7-10(3)17-13/h4-5,10H,6-7,14H2,1-3H3. The van der Waals surface area contributed by atoms with E-state index in [0.29, 0.717) is 5.25 Å². The van der Waals surface area contributed by atoms with Gasteiger partial charge in [0.2, 0.25) is 5.91 Å². The first-order valence-electron chi connectivity index (χ1n) is 5.82. The Labute approximate surface area is 106 Å². The minimum atomic E-state index is 0.00657. The summed E-state index contributed by atoms with van der Waals surface area (Å²) in [6.45, 7) is 7.11. The van der Waals surface area contributed by atoms with E-state index in [0.717, 1.165) is 17.8 Å². The Hall–Kier alpha value is -1.00. The maximum absolute atomic E-state index is 11.9. The third-order valence-electron chi connectivity index (χ3n) is 3.03. The summed E-state index contributed by atoms with van der Waals surface area (Å²) in [5, 5.41) is 0.415. The molecule has 0 radical (unpaired) electrons. The first kappa shape index (κ1) is 12.5. The number of nitrogens with zero attached hydrogens (tertiary/aromatic N) is 1. The molecule has 2 N–H and O–H groups in total. The van der Waals surface area contributed by atoms with Crippen molar-refractivity contribution < 1.29 is 4.79 Å². The first-order valence-corrected chi connectivity index (χ1v) is 6.70. The molecule has 1 amide bonds. The lowest BCUT2D eigenvalue weighted by atomic mass is 10.1. The fourth-order valence-corrected chi connectivity index (χ4v) is 3.44. The summed E-state index contributed by atoms with van der Waals surface area (Å²) in [5.41, 5.74) is 8.93. The van der Waals surface area contributed by atoms with Crippen molar-refractivity contribution >= 4 is 23.4 Å². The van der Waals surface area contributed by atoms with E-state index in [-0.39, 0.29) is 12.5 Å². The molecule has 92 valence electrons. The third-order valence-corrected chi connectivity index (χ3v) is 4.34. The van der Waals surface area contributed by atoms with E-state index in [1.54, 1.807) is 0 Å². The van der Waals surface area contributed by atoms with Crippen molar-refractivity contribution in [2.75, 3.05) is 18.0 Å². The summed E-state index contributed by atoms with van der Waals surface area (Å²) in [4.78, 5) is 15.0. The normalized spacial score (nSPS) is 19.1. The van der Waals surface area contributed by atoms with E-state index < -0.39 is 0 Å². The second kappa shape index (κ2) is 4.70.